The molecule has 0 unspecified atom stereocenters. The predicted molar refractivity (Wildman–Crippen MR) is 140 cm³/mol. The van der Waals surface area contributed by atoms with Gasteiger partial charge in [0, 0.05) is 52.1 Å². The summed E-state index contributed by atoms with van der Waals surface area (Å²) in [5, 5.41) is 6.26. The third-order valence-electron chi connectivity index (χ3n) is 3.67. The molecule has 5 heteroatoms. The van der Waals surface area contributed by atoms with Gasteiger partial charge in [-0.05, 0) is 42.2 Å². The lowest BCUT2D eigenvalue weighted by Gasteiger charge is -2.12. The van der Waals surface area contributed by atoms with Crippen LogP contribution < -0.4 is 10.6 Å². The van der Waals surface area contributed by atoms with E-state index in [-0.39, 0.29) is 5.41 Å². The Labute approximate surface area is 191 Å². The van der Waals surface area contributed by atoms with Crippen molar-refractivity contribution in [1.29, 1.82) is 0 Å². The lowest BCUT2D eigenvalue weighted by Crippen LogP contribution is -2.05. The van der Waals surface area contributed by atoms with Crippen LogP contribution in [0.5, 0.6) is 0 Å². The highest BCUT2D eigenvalue weighted by molar-refractivity contribution is 5.77. The molecule has 1 aromatic carbocycles. The van der Waals surface area contributed by atoms with Crippen LogP contribution in [0.3, 0.4) is 0 Å². The standard InChI is InChI=1S/C13H21N3.C6H14O.C5H5N.C2H6/c1-13(2,3)9-16-12-8-10(14-4)6-7-11(12)15-5;1-3-4-5-6-7-2;1-2-4-6-5-3-1;1-2/h6-9,14-15H,1-5H3;3-6H2,1-2H3;1-5H;1-2H3. The zero-order chi connectivity index (χ0) is 24.0. The Kier molecular flexibility index (Phi) is 20.7. The van der Waals surface area contributed by atoms with E-state index < -0.39 is 0 Å². The molecule has 5 nitrogen and oxygen atoms in total. The van der Waals surface area contributed by atoms with Gasteiger partial charge in [0.05, 0.1) is 11.4 Å². The Morgan fingerprint density at radius 2 is 1.65 bits per heavy atom. The number of pyridine rings is 1. The van der Waals surface area contributed by atoms with Crippen LogP contribution in [-0.2, 0) is 4.74 Å². The number of aromatic nitrogens is 1. The second-order valence-electron chi connectivity index (χ2n) is 7.58. The van der Waals surface area contributed by atoms with Gasteiger partial charge in [-0.1, -0.05) is 60.5 Å². The average Bonchev–Trinajstić information content (AvgIpc) is 2.80. The minimum atomic E-state index is 0.0979. The summed E-state index contributed by atoms with van der Waals surface area (Å²) in [5.74, 6) is 0. The largest absolute Gasteiger partial charge is 0.388 e. The third-order valence-corrected chi connectivity index (χ3v) is 3.67. The molecular formula is C26H46N4O. The fourth-order valence-corrected chi connectivity index (χ4v) is 2.08. The Morgan fingerprint density at radius 1 is 1.00 bits per heavy atom. The van der Waals surface area contributed by atoms with Crippen LogP contribution in [0.1, 0.15) is 60.8 Å². The van der Waals surface area contributed by atoms with Gasteiger partial charge in [0.2, 0.25) is 0 Å². The quantitative estimate of drug-likeness (QED) is 0.354. The van der Waals surface area contributed by atoms with Gasteiger partial charge in [-0.25, -0.2) is 0 Å². The molecule has 0 atom stereocenters. The molecular weight excluding hydrogens is 384 g/mol. The van der Waals surface area contributed by atoms with Crippen LogP contribution >= 0.6 is 0 Å². The summed E-state index contributed by atoms with van der Waals surface area (Å²) < 4.78 is 4.84. The number of benzene rings is 1. The number of nitrogens with zero attached hydrogens (tertiary/aromatic N) is 2. The van der Waals surface area contributed by atoms with Gasteiger partial charge in [0.15, 0.2) is 0 Å². The molecule has 1 aromatic heterocycles. The van der Waals surface area contributed by atoms with Crippen molar-refractivity contribution in [3.05, 3.63) is 48.8 Å². The van der Waals surface area contributed by atoms with Crippen LogP contribution in [0.25, 0.3) is 0 Å². The summed E-state index contributed by atoms with van der Waals surface area (Å²) in [6.45, 7) is 13.5. The molecule has 2 rings (SSSR count). The van der Waals surface area contributed by atoms with E-state index in [1.165, 1.54) is 19.3 Å². The molecule has 0 aliphatic heterocycles. The fraction of sp³-hybridized carbons (Fsp3) is 0.538. The van der Waals surface area contributed by atoms with E-state index in [0.717, 1.165) is 23.7 Å². The highest BCUT2D eigenvalue weighted by Crippen LogP contribution is 2.28. The third kappa shape index (κ3) is 19.3. The lowest BCUT2D eigenvalue weighted by atomic mass is 9.99. The van der Waals surface area contributed by atoms with E-state index in [1.807, 2.05) is 70.6 Å². The molecule has 0 aliphatic rings. The molecule has 176 valence electrons. The van der Waals surface area contributed by atoms with Crippen molar-refractivity contribution in [1.82, 2.24) is 4.98 Å². The zero-order valence-corrected chi connectivity index (χ0v) is 21.3. The van der Waals surface area contributed by atoms with E-state index in [1.54, 1.807) is 19.5 Å². The molecule has 0 saturated heterocycles. The number of nitrogens with one attached hydrogen (secondary N) is 2. The second kappa shape index (κ2) is 20.9. The molecule has 0 radical (unpaired) electrons. The summed E-state index contributed by atoms with van der Waals surface area (Å²) in [6, 6.07) is 11.8. The SMILES string of the molecule is CC.CCCCCOC.CNc1ccc(NC)c(N=CC(C)(C)C)c1.c1ccncc1. The second-order valence-corrected chi connectivity index (χ2v) is 7.58. The number of rotatable bonds is 7. The Balaban J connectivity index is 0. The van der Waals surface area contributed by atoms with Crippen LogP contribution in [-0.4, -0.2) is 39.0 Å². The first-order valence-electron chi connectivity index (χ1n) is 11.3. The van der Waals surface area contributed by atoms with E-state index in [4.69, 9.17) is 4.74 Å². The molecule has 2 aromatic rings. The van der Waals surface area contributed by atoms with Gasteiger partial charge in [-0.3, -0.25) is 9.98 Å². The van der Waals surface area contributed by atoms with Crippen molar-refractivity contribution in [2.24, 2.45) is 10.4 Å². The number of unbranched alkanes of at least 4 members (excludes halogenated alkanes) is 2. The van der Waals surface area contributed by atoms with Crippen molar-refractivity contribution in [2.75, 3.05) is 38.4 Å². The minimum Gasteiger partial charge on any atom is -0.388 e. The van der Waals surface area contributed by atoms with Gasteiger partial charge < -0.3 is 15.4 Å². The molecule has 31 heavy (non-hydrogen) atoms. The van der Waals surface area contributed by atoms with Gasteiger partial charge in [-0.2, -0.15) is 0 Å². The molecule has 0 spiro atoms. The van der Waals surface area contributed by atoms with E-state index >= 15 is 0 Å². The van der Waals surface area contributed by atoms with E-state index in [2.05, 4.69) is 48.3 Å². The summed E-state index contributed by atoms with van der Waals surface area (Å²) >= 11 is 0. The summed E-state index contributed by atoms with van der Waals surface area (Å²) in [7, 11) is 5.56. The maximum absolute atomic E-state index is 4.84. The maximum atomic E-state index is 4.84. The van der Waals surface area contributed by atoms with E-state index in [0.29, 0.717) is 0 Å². The first-order chi connectivity index (χ1) is 14.9. The predicted octanol–water partition coefficient (Wildman–Crippen LogP) is 7.45. The molecule has 0 aliphatic carbocycles. The summed E-state index contributed by atoms with van der Waals surface area (Å²) in [4.78, 5) is 8.31. The fourth-order valence-electron chi connectivity index (χ4n) is 2.08. The monoisotopic (exact) mass is 430 g/mol. The summed E-state index contributed by atoms with van der Waals surface area (Å²) in [5.41, 5.74) is 3.17. The Bertz CT molecular complexity index is 621. The topological polar surface area (TPSA) is 58.5 Å². The van der Waals surface area contributed by atoms with Gasteiger partial charge in [0.1, 0.15) is 0 Å². The molecule has 0 fully saturated rings. The lowest BCUT2D eigenvalue weighted by molar-refractivity contribution is 0.192. The van der Waals surface area contributed by atoms with Crippen LogP contribution in [0, 0.1) is 5.41 Å². The summed E-state index contributed by atoms with van der Waals surface area (Å²) in [6.07, 6.45) is 9.27. The number of ether oxygens (including phenoxy) is 1. The number of aliphatic imine (C=N–C) groups is 1. The number of hydrogen-bond acceptors (Lipinski definition) is 5. The molecule has 0 amide bonds. The van der Waals surface area contributed by atoms with Gasteiger partial charge >= 0.3 is 0 Å². The number of hydrogen-bond donors (Lipinski definition) is 2. The van der Waals surface area contributed by atoms with Gasteiger partial charge in [-0.15, -0.1) is 0 Å². The normalized spacial score (nSPS) is 9.97. The van der Waals surface area contributed by atoms with Crippen molar-refractivity contribution in [2.45, 2.75) is 60.8 Å². The average molecular weight is 431 g/mol. The number of methoxy groups -OCH3 is 1. The smallest absolute Gasteiger partial charge is 0.0877 e. The molecule has 2 N–H and O–H groups in total. The van der Waals surface area contributed by atoms with Gasteiger partial charge in [0.25, 0.3) is 0 Å². The Hall–Kier alpha value is -2.40. The molecule has 0 bridgehead atoms. The van der Waals surface area contributed by atoms with Crippen LogP contribution in [0.2, 0.25) is 0 Å². The highest BCUT2D eigenvalue weighted by atomic mass is 16.5. The molecule has 0 saturated carbocycles. The van der Waals surface area contributed by atoms with Crippen molar-refractivity contribution in [3.63, 3.8) is 0 Å². The highest BCUT2D eigenvalue weighted by Gasteiger charge is 2.06. The van der Waals surface area contributed by atoms with E-state index in [9.17, 15) is 0 Å². The Morgan fingerprint density at radius 3 is 2.03 bits per heavy atom. The van der Waals surface area contributed by atoms with Crippen molar-refractivity contribution < 1.29 is 4.74 Å². The van der Waals surface area contributed by atoms with Crippen LogP contribution in [0.15, 0.2) is 53.8 Å². The maximum Gasteiger partial charge on any atom is 0.0877 e. The number of anilines is 2. The molecule has 1 heterocycles. The minimum absolute atomic E-state index is 0.0979. The van der Waals surface area contributed by atoms with Crippen molar-refractivity contribution in [3.8, 4) is 0 Å². The zero-order valence-electron chi connectivity index (χ0n) is 21.3. The first kappa shape index (κ1) is 30.8. The van der Waals surface area contributed by atoms with Crippen LogP contribution in [0.4, 0.5) is 17.1 Å². The van der Waals surface area contributed by atoms with Crippen molar-refractivity contribution >= 4 is 23.3 Å². The first-order valence-corrected chi connectivity index (χ1v) is 11.3.